The zero-order valence-electron chi connectivity index (χ0n) is 16.4. The van der Waals surface area contributed by atoms with Crippen LogP contribution in [0.2, 0.25) is 0 Å². The Morgan fingerprint density at radius 3 is 2.54 bits per heavy atom. The number of fused-ring (bicyclic) bond motifs is 1. The van der Waals surface area contributed by atoms with Gasteiger partial charge in [-0.15, -0.1) is 0 Å². The van der Waals surface area contributed by atoms with Gasteiger partial charge in [0.25, 0.3) is 0 Å². The number of para-hydroxylation sites is 1. The van der Waals surface area contributed by atoms with Crippen LogP contribution in [-0.4, -0.2) is 11.8 Å². The zero-order chi connectivity index (χ0) is 18.6. The standard InChI is InChI=1S/C15H16N2O2.C7H16/c1-11-7-12(5-6-17-11)8-16-9-13-3-2-4-14-15(13)19-10-18-14;1-3-5-7-6-4-2/h2-7,16H,8-10H2,1H3;3-7H2,1-2H3. The highest BCUT2D eigenvalue weighted by atomic mass is 16.7. The zero-order valence-corrected chi connectivity index (χ0v) is 16.4. The van der Waals surface area contributed by atoms with Crippen molar-refractivity contribution in [2.75, 3.05) is 6.79 Å². The van der Waals surface area contributed by atoms with Crippen LogP contribution in [0.3, 0.4) is 0 Å². The Morgan fingerprint density at radius 1 is 1.00 bits per heavy atom. The van der Waals surface area contributed by atoms with Gasteiger partial charge in [0.1, 0.15) is 0 Å². The van der Waals surface area contributed by atoms with Crippen LogP contribution >= 0.6 is 0 Å². The lowest BCUT2D eigenvalue weighted by molar-refractivity contribution is 0.173. The quantitative estimate of drug-likeness (QED) is 0.644. The van der Waals surface area contributed by atoms with Crippen molar-refractivity contribution in [2.24, 2.45) is 0 Å². The summed E-state index contributed by atoms with van der Waals surface area (Å²) in [6.45, 7) is 8.38. The van der Waals surface area contributed by atoms with Crippen LogP contribution in [0.5, 0.6) is 11.5 Å². The number of pyridine rings is 1. The minimum atomic E-state index is 0.315. The summed E-state index contributed by atoms with van der Waals surface area (Å²) in [7, 11) is 0. The highest BCUT2D eigenvalue weighted by molar-refractivity contribution is 5.48. The summed E-state index contributed by atoms with van der Waals surface area (Å²) in [4.78, 5) is 4.19. The molecule has 1 aromatic heterocycles. The number of benzene rings is 1. The van der Waals surface area contributed by atoms with Gasteiger partial charge < -0.3 is 14.8 Å². The lowest BCUT2D eigenvalue weighted by atomic mass is 10.1. The third-order valence-corrected chi connectivity index (χ3v) is 4.29. The fourth-order valence-corrected chi connectivity index (χ4v) is 2.86. The summed E-state index contributed by atoms with van der Waals surface area (Å²) in [6, 6.07) is 10.1. The fourth-order valence-electron chi connectivity index (χ4n) is 2.86. The molecule has 1 aliphatic rings. The molecule has 0 fully saturated rings. The second-order valence-electron chi connectivity index (χ2n) is 6.62. The Labute approximate surface area is 157 Å². The first-order valence-corrected chi connectivity index (χ1v) is 9.74. The molecule has 142 valence electrons. The van der Waals surface area contributed by atoms with Gasteiger partial charge in [0, 0.05) is 30.5 Å². The van der Waals surface area contributed by atoms with Gasteiger partial charge in [-0.05, 0) is 30.7 Å². The molecular weight excluding hydrogens is 324 g/mol. The van der Waals surface area contributed by atoms with Crippen molar-refractivity contribution >= 4 is 0 Å². The molecule has 0 unspecified atom stereocenters. The maximum Gasteiger partial charge on any atom is 0.231 e. The van der Waals surface area contributed by atoms with Crippen LogP contribution in [0.15, 0.2) is 36.5 Å². The molecule has 1 aromatic carbocycles. The minimum Gasteiger partial charge on any atom is -0.454 e. The van der Waals surface area contributed by atoms with E-state index in [-0.39, 0.29) is 0 Å². The number of unbranched alkanes of at least 4 members (excludes halogenated alkanes) is 4. The van der Waals surface area contributed by atoms with E-state index in [0.29, 0.717) is 6.79 Å². The van der Waals surface area contributed by atoms with Crippen LogP contribution in [-0.2, 0) is 13.1 Å². The van der Waals surface area contributed by atoms with Crippen LogP contribution in [0.1, 0.15) is 62.8 Å². The normalized spacial score (nSPS) is 11.8. The molecule has 0 saturated heterocycles. The Hall–Kier alpha value is -2.07. The predicted molar refractivity (Wildman–Crippen MR) is 107 cm³/mol. The molecule has 2 aromatic rings. The van der Waals surface area contributed by atoms with E-state index < -0.39 is 0 Å². The summed E-state index contributed by atoms with van der Waals surface area (Å²) in [5, 5.41) is 3.41. The van der Waals surface area contributed by atoms with Gasteiger partial charge in [0.05, 0.1) is 0 Å². The van der Waals surface area contributed by atoms with Crippen molar-refractivity contribution < 1.29 is 9.47 Å². The van der Waals surface area contributed by atoms with Crippen LogP contribution < -0.4 is 14.8 Å². The number of nitrogens with one attached hydrogen (secondary N) is 1. The molecular formula is C22H32N2O2. The SMILES string of the molecule is CCCCCCC.Cc1cc(CNCc2cccc3c2OCO3)ccn1. The molecule has 4 heteroatoms. The fraction of sp³-hybridized carbons (Fsp3) is 0.500. The Morgan fingerprint density at radius 2 is 1.81 bits per heavy atom. The number of hydrogen-bond donors (Lipinski definition) is 1. The molecule has 0 spiro atoms. The van der Waals surface area contributed by atoms with E-state index in [9.17, 15) is 0 Å². The lowest BCUT2D eigenvalue weighted by Crippen LogP contribution is -2.13. The van der Waals surface area contributed by atoms with Gasteiger partial charge in [-0.25, -0.2) is 0 Å². The van der Waals surface area contributed by atoms with E-state index >= 15 is 0 Å². The van der Waals surface area contributed by atoms with Crippen molar-refractivity contribution in [2.45, 2.75) is 66.0 Å². The van der Waals surface area contributed by atoms with E-state index in [1.165, 1.54) is 37.7 Å². The van der Waals surface area contributed by atoms with Crippen molar-refractivity contribution in [1.82, 2.24) is 10.3 Å². The van der Waals surface area contributed by atoms with E-state index in [1.54, 1.807) is 0 Å². The maximum atomic E-state index is 5.48. The smallest absolute Gasteiger partial charge is 0.231 e. The number of hydrogen-bond acceptors (Lipinski definition) is 4. The minimum absolute atomic E-state index is 0.315. The molecule has 0 atom stereocenters. The molecule has 1 aliphatic heterocycles. The molecule has 0 bridgehead atoms. The maximum absolute atomic E-state index is 5.48. The number of nitrogens with zero attached hydrogens (tertiary/aromatic N) is 1. The first-order valence-electron chi connectivity index (χ1n) is 9.74. The van der Waals surface area contributed by atoms with E-state index in [0.717, 1.165) is 35.8 Å². The van der Waals surface area contributed by atoms with Crippen LogP contribution in [0.4, 0.5) is 0 Å². The molecule has 2 heterocycles. The number of rotatable bonds is 8. The molecule has 26 heavy (non-hydrogen) atoms. The lowest BCUT2D eigenvalue weighted by Gasteiger charge is -2.08. The van der Waals surface area contributed by atoms with Crippen molar-refractivity contribution in [1.29, 1.82) is 0 Å². The second kappa shape index (κ2) is 11.5. The van der Waals surface area contributed by atoms with E-state index in [1.807, 2.05) is 31.3 Å². The third-order valence-electron chi connectivity index (χ3n) is 4.29. The topological polar surface area (TPSA) is 43.4 Å². The Kier molecular flexibility index (Phi) is 8.98. The van der Waals surface area contributed by atoms with E-state index in [2.05, 4.69) is 36.3 Å². The highest BCUT2D eigenvalue weighted by Gasteiger charge is 2.16. The summed E-state index contributed by atoms with van der Waals surface area (Å²) < 4.78 is 10.8. The number of ether oxygens (including phenoxy) is 2. The molecule has 0 amide bonds. The molecule has 0 aliphatic carbocycles. The molecule has 1 N–H and O–H groups in total. The monoisotopic (exact) mass is 356 g/mol. The number of aromatic nitrogens is 1. The summed E-state index contributed by atoms with van der Waals surface area (Å²) >= 11 is 0. The summed E-state index contributed by atoms with van der Waals surface area (Å²) in [5.41, 5.74) is 3.40. The van der Waals surface area contributed by atoms with Crippen molar-refractivity contribution in [3.05, 3.63) is 53.3 Å². The largest absolute Gasteiger partial charge is 0.454 e. The predicted octanol–water partition coefficient (Wildman–Crippen LogP) is 5.39. The number of aryl methyl sites for hydroxylation is 1. The third kappa shape index (κ3) is 6.68. The highest BCUT2D eigenvalue weighted by Crippen LogP contribution is 2.35. The molecule has 3 rings (SSSR count). The van der Waals surface area contributed by atoms with E-state index in [4.69, 9.17) is 9.47 Å². The van der Waals surface area contributed by atoms with Gasteiger partial charge in [0.15, 0.2) is 11.5 Å². The summed E-state index contributed by atoms with van der Waals surface area (Å²) in [6.07, 6.45) is 8.85. The van der Waals surface area contributed by atoms with Gasteiger partial charge in [0.2, 0.25) is 6.79 Å². The first kappa shape index (κ1) is 20.2. The van der Waals surface area contributed by atoms with Crippen LogP contribution in [0, 0.1) is 6.92 Å². The molecule has 4 nitrogen and oxygen atoms in total. The van der Waals surface area contributed by atoms with Crippen LogP contribution in [0.25, 0.3) is 0 Å². The van der Waals surface area contributed by atoms with Gasteiger partial charge in [-0.1, -0.05) is 58.1 Å². The second-order valence-corrected chi connectivity index (χ2v) is 6.62. The first-order chi connectivity index (χ1) is 12.7. The average Bonchev–Trinajstić information content (AvgIpc) is 3.13. The summed E-state index contributed by atoms with van der Waals surface area (Å²) in [5.74, 6) is 1.69. The Balaban J connectivity index is 0.000000298. The molecule has 0 radical (unpaired) electrons. The van der Waals surface area contributed by atoms with Gasteiger partial charge >= 0.3 is 0 Å². The Bertz CT molecular complexity index is 654. The van der Waals surface area contributed by atoms with Gasteiger partial charge in [-0.2, -0.15) is 0 Å². The molecule has 0 saturated carbocycles. The van der Waals surface area contributed by atoms with Crippen molar-refractivity contribution in [3.63, 3.8) is 0 Å². The van der Waals surface area contributed by atoms with Crippen molar-refractivity contribution in [3.8, 4) is 11.5 Å². The average molecular weight is 357 g/mol. The van der Waals surface area contributed by atoms with Gasteiger partial charge in [-0.3, -0.25) is 4.98 Å².